The monoisotopic (exact) mass is 262 g/mol. The number of methoxy groups -OCH3 is 1. The Hall–Kier alpha value is -2.50. The Kier molecular flexibility index (Phi) is 3.70. The molecule has 0 unspecified atom stereocenters. The largest absolute Gasteiger partial charge is 0.496 e. The fraction of sp³-hybridized carbons (Fsp3) is 0.231. The fourth-order valence-corrected chi connectivity index (χ4v) is 1.74. The number of benzene rings is 1. The van der Waals surface area contributed by atoms with E-state index in [0.717, 1.165) is 17.0 Å². The maximum atomic E-state index is 10.5. The van der Waals surface area contributed by atoms with Gasteiger partial charge in [0, 0.05) is 5.69 Å². The van der Waals surface area contributed by atoms with Crippen molar-refractivity contribution in [2.24, 2.45) is 0 Å². The second-order valence-corrected chi connectivity index (χ2v) is 4.04. The molecular formula is C13H14N2O4. The molecule has 1 aromatic heterocycles. The van der Waals surface area contributed by atoms with E-state index in [0.29, 0.717) is 12.3 Å². The molecule has 2 rings (SSSR count). The lowest BCUT2D eigenvalue weighted by Gasteiger charge is -2.08. The van der Waals surface area contributed by atoms with Crippen LogP contribution in [0.25, 0.3) is 0 Å². The minimum absolute atomic E-state index is 0.247. The first-order valence-electron chi connectivity index (χ1n) is 5.72. The summed E-state index contributed by atoms with van der Waals surface area (Å²) in [6.45, 7) is 2.33. The van der Waals surface area contributed by atoms with E-state index in [9.17, 15) is 10.1 Å². The summed E-state index contributed by atoms with van der Waals surface area (Å²) in [6, 6.07) is 8.61. The van der Waals surface area contributed by atoms with Crippen LogP contribution in [0.3, 0.4) is 0 Å². The number of aryl methyl sites for hydroxylation is 1. The summed E-state index contributed by atoms with van der Waals surface area (Å²) >= 11 is 0. The van der Waals surface area contributed by atoms with E-state index in [1.165, 1.54) is 6.07 Å². The standard InChI is InChI=1S/C13H14N2O4/c1-9-7-10(3-5-12(9)18-2)14-8-11-4-6-13(19-11)15(16)17/h3-7,14H,8H2,1-2H3. The highest BCUT2D eigenvalue weighted by molar-refractivity contribution is 5.50. The lowest BCUT2D eigenvalue weighted by atomic mass is 10.2. The van der Waals surface area contributed by atoms with Gasteiger partial charge in [0.15, 0.2) is 0 Å². The normalized spacial score (nSPS) is 10.2. The number of hydrogen-bond acceptors (Lipinski definition) is 5. The van der Waals surface area contributed by atoms with Gasteiger partial charge < -0.3 is 14.5 Å². The highest BCUT2D eigenvalue weighted by atomic mass is 16.6. The van der Waals surface area contributed by atoms with Gasteiger partial charge in [-0.05, 0) is 36.8 Å². The summed E-state index contributed by atoms with van der Waals surface area (Å²) in [6.07, 6.45) is 0. The predicted molar refractivity (Wildman–Crippen MR) is 70.4 cm³/mol. The molecule has 0 aliphatic rings. The zero-order chi connectivity index (χ0) is 13.8. The van der Waals surface area contributed by atoms with Crippen LogP contribution in [0.5, 0.6) is 5.75 Å². The molecule has 100 valence electrons. The minimum Gasteiger partial charge on any atom is -0.496 e. The van der Waals surface area contributed by atoms with Gasteiger partial charge in [0.2, 0.25) is 0 Å². The second-order valence-electron chi connectivity index (χ2n) is 4.04. The Morgan fingerprint density at radius 1 is 1.37 bits per heavy atom. The van der Waals surface area contributed by atoms with Crippen molar-refractivity contribution in [3.8, 4) is 5.75 Å². The van der Waals surface area contributed by atoms with E-state index in [1.54, 1.807) is 13.2 Å². The Morgan fingerprint density at radius 3 is 2.74 bits per heavy atom. The Labute approximate surface area is 110 Å². The molecule has 0 aliphatic carbocycles. The van der Waals surface area contributed by atoms with Gasteiger partial charge in [0.05, 0.1) is 19.7 Å². The summed E-state index contributed by atoms with van der Waals surface area (Å²) in [4.78, 5) is 9.93. The van der Waals surface area contributed by atoms with E-state index < -0.39 is 4.92 Å². The van der Waals surface area contributed by atoms with E-state index in [-0.39, 0.29) is 5.88 Å². The summed E-state index contributed by atoms with van der Waals surface area (Å²) < 4.78 is 10.2. The first-order valence-corrected chi connectivity index (χ1v) is 5.72. The molecule has 1 N–H and O–H groups in total. The third-order valence-corrected chi connectivity index (χ3v) is 2.69. The number of rotatable bonds is 5. The fourth-order valence-electron chi connectivity index (χ4n) is 1.74. The average molecular weight is 262 g/mol. The van der Waals surface area contributed by atoms with E-state index in [1.807, 2.05) is 25.1 Å². The SMILES string of the molecule is COc1ccc(NCc2ccc([N+](=O)[O-])o2)cc1C. The van der Waals surface area contributed by atoms with Gasteiger partial charge in [-0.1, -0.05) is 0 Å². The van der Waals surface area contributed by atoms with E-state index in [2.05, 4.69) is 5.32 Å². The predicted octanol–water partition coefficient (Wildman–Crippen LogP) is 3.12. The highest BCUT2D eigenvalue weighted by Gasteiger charge is 2.11. The molecule has 6 heteroatoms. The molecule has 0 aliphatic heterocycles. The van der Waals surface area contributed by atoms with E-state index >= 15 is 0 Å². The van der Waals surface area contributed by atoms with Gasteiger partial charge in [0.1, 0.15) is 16.4 Å². The Morgan fingerprint density at radius 2 is 2.16 bits per heavy atom. The number of hydrogen-bond donors (Lipinski definition) is 1. The van der Waals surface area contributed by atoms with Gasteiger partial charge in [0.25, 0.3) is 0 Å². The first kappa shape index (κ1) is 12.9. The molecule has 0 saturated heterocycles. The molecule has 0 saturated carbocycles. The van der Waals surface area contributed by atoms with Crippen LogP contribution in [0, 0.1) is 17.0 Å². The Balaban J connectivity index is 2.01. The topological polar surface area (TPSA) is 77.5 Å². The lowest BCUT2D eigenvalue weighted by Crippen LogP contribution is -1.99. The molecule has 19 heavy (non-hydrogen) atoms. The molecule has 0 atom stereocenters. The van der Waals surface area contributed by atoms with Crippen LogP contribution in [-0.4, -0.2) is 12.0 Å². The number of nitrogens with one attached hydrogen (secondary N) is 1. The minimum atomic E-state index is -0.555. The van der Waals surface area contributed by atoms with Crippen molar-refractivity contribution in [1.82, 2.24) is 0 Å². The molecule has 6 nitrogen and oxygen atoms in total. The molecule has 1 heterocycles. The van der Waals surface area contributed by atoms with Gasteiger partial charge in [-0.25, -0.2) is 0 Å². The maximum absolute atomic E-state index is 10.5. The lowest BCUT2D eigenvalue weighted by molar-refractivity contribution is -0.402. The third kappa shape index (κ3) is 3.04. The van der Waals surface area contributed by atoms with Gasteiger partial charge >= 0.3 is 5.88 Å². The summed E-state index contributed by atoms with van der Waals surface area (Å²) in [5, 5.41) is 13.6. The molecule has 1 aromatic carbocycles. The van der Waals surface area contributed by atoms with Crippen LogP contribution in [0.1, 0.15) is 11.3 Å². The van der Waals surface area contributed by atoms with Crippen molar-refractivity contribution in [3.05, 3.63) is 51.8 Å². The first-order chi connectivity index (χ1) is 9.10. The Bertz CT molecular complexity index is 592. The number of ether oxygens (including phenoxy) is 1. The van der Waals surface area contributed by atoms with Crippen LogP contribution in [0.2, 0.25) is 0 Å². The van der Waals surface area contributed by atoms with Crippen LogP contribution >= 0.6 is 0 Å². The van der Waals surface area contributed by atoms with Crippen molar-refractivity contribution in [1.29, 1.82) is 0 Å². The van der Waals surface area contributed by atoms with Crippen molar-refractivity contribution < 1.29 is 14.1 Å². The summed E-state index contributed by atoms with van der Waals surface area (Å²) in [5.74, 6) is 1.09. The van der Waals surface area contributed by atoms with E-state index in [4.69, 9.17) is 9.15 Å². The quantitative estimate of drug-likeness (QED) is 0.661. The molecular weight excluding hydrogens is 248 g/mol. The molecule has 0 fully saturated rings. The second kappa shape index (κ2) is 5.43. The van der Waals surface area contributed by atoms with Crippen molar-refractivity contribution >= 4 is 11.6 Å². The molecule has 0 radical (unpaired) electrons. The highest BCUT2D eigenvalue weighted by Crippen LogP contribution is 2.22. The van der Waals surface area contributed by atoms with Gasteiger partial charge in [-0.15, -0.1) is 0 Å². The maximum Gasteiger partial charge on any atom is 0.433 e. The number of nitrogens with zero attached hydrogens (tertiary/aromatic N) is 1. The van der Waals surface area contributed by atoms with Crippen LogP contribution in [0.15, 0.2) is 34.7 Å². The molecule has 0 bridgehead atoms. The zero-order valence-corrected chi connectivity index (χ0v) is 10.7. The van der Waals surface area contributed by atoms with Crippen molar-refractivity contribution in [2.75, 3.05) is 12.4 Å². The number of anilines is 1. The smallest absolute Gasteiger partial charge is 0.433 e. The van der Waals surface area contributed by atoms with Gasteiger partial charge in [-0.2, -0.15) is 0 Å². The average Bonchev–Trinajstić information content (AvgIpc) is 2.85. The number of furan rings is 1. The third-order valence-electron chi connectivity index (χ3n) is 2.69. The summed E-state index contributed by atoms with van der Waals surface area (Å²) in [7, 11) is 1.62. The zero-order valence-electron chi connectivity index (χ0n) is 10.7. The van der Waals surface area contributed by atoms with Crippen molar-refractivity contribution in [2.45, 2.75) is 13.5 Å². The van der Waals surface area contributed by atoms with Crippen LogP contribution in [-0.2, 0) is 6.54 Å². The molecule has 0 amide bonds. The van der Waals surface area contributed by atoms with Crippen LogP contribution < -0.4 is 10.1 Å². The van der Waals surface area contributed by atoms with Crippen molar-refractivity contribution in [3.63, 3.8) is 0 Å². The number of nitro groups is 1. The summed E-state index contributed by atoms with van der Waals surface area (Å²) in [5.41, 5.74) is 1.91. The van der Waals surface area contributed by atoms with Gasteiger partial charge in [-0.3, -0.25) is 10.1 Å². The molecule has 0 spiro atoms. The molecule has 2 aromatic rings. The van der Waals surface area contributed by atoms with Crippen LogP contribution in [0.4, 0.5) is 11.6 Å².